The molecule has 32 heavy (non-hydrogen) atoms. The Labute approximate surface area is 190 Å². The molecule has 1 aliphatic heterocycles. The number of carbonyl (C=O) groups is 1. The third kappa shape index (κ3) is 5.20. The van der Waals surface area contributed by atoms with Crippen LogP contribution in [0.15, 0.2) is 84.9 Å². The number of urea groups is 1. The van der Waals surface area contributed by atoms with E-state index in [4.69, 9.17) is 4.74 Å². The molecule has 3 aromatic rings. The summed E-state index contributed by atoms with van der Waals surface area (Å²) in [5, 5.41) is 3.13. The van der Waals surface area contributed by atoms with Gasteiger partial charge in [0.25, 0.3) is 0 Å². The summed E-state index contributed by atoms with van der Waals surface area (Å²) >= 11 is 0. The Balaban J connectivity index is 1.72. The Bertz CT molecular complexity index is 1040. The zero-order valence-corrected chi connectivity index (χ0v) is 18.6. The van der Waals surface area contributed by atoms with Gasteiger partial charge in [-0.1, -0.05) is 72.8 Å². The normalized spacial score (nSPS) is 14.1. The van der Waals surface area contributed by atoms with E-state index in [0.29, 0.717) is 6.54 Å². The second-order valence-electron chi connectivity index (χ2n) is 7.99. The summed E-state index contributed by atoms with van der Waals surface area (Å²) in [6, 6.07) is 29.1. The molecule has 164 valence electrons. The van der Waals surface area contributed by atoms with Gasteiger partial charge in [-0.3, -0.25) is 0 Å². The summed E-state index contributed by atoms with van der Waals surface area (Å²) in [5.74, 6) is 0.834. The van der Waals surface area contributed by atoms with Gasteiger partial charge in [0.05, 0.1) is 7.11 Å². The number of likely N-dealkylation sites (tertiary alicyclic amines) is 1. The van der Waals surface area contributed by atoms with Gasteiger partial charge in [0.1, 0.15) is 5.75 Å². The molecule has 1 N–H and O–H groups in total. The standard InChI is InChI=1S/C28H30N2O2/c1-32-25-16-14-24(15-17-25)27(23-12-6-3-7-13-23)26(22-10-4-2-5-11-22)18-19-29-28(31)30-20-8-9-21-30/h2-7,10-17H,8-9,18-21H2,1H3,(H,29,31). The van der Waals surface area contributed by atoms with Gasteiger partial charge in [0, 0.05) is 19.6 Å². The first-order valence-corrected chi connectivity index (χ1v) is 11.3. The zero-order valence-electron chi connectivity index (χ0n) is 18.6. The first-order valence-electron chi connectivity index (χ1n) is 11.3. The van der Waals surface area contributed by atoms with E-state index in [0.717, 1.165) is 54.8 Å². The molecule has 1 fully saturated rings. The van der Waals surface area contributed by atoms with E-state index in [1.54, 1.807) is 7.11 Å². The molecule has 2 amide bonds. The number of nitrogens with zero attached hydrogens (tertiary/aromatic N) is 1. The molecule has 4 nitrogen and oxygen atoms in total. The van der Waals surface area contributed by atoms with Crippen LogP contribution in [0.2, 0.25) is 0 Å². The molecule has 4 heteroatoms. The highest BCUT2D eigenvalue weighted by atomic mass is 16.5. The van der Waals surface area contributed by atoms with Crippen LogP contribution in [-0.2, 0) is 0 Å². The highest BCUT2D eigenvalue weighted by Gasteiger charge is 2.18. The summed E-state index contributed by atoms with van der Waals surface area (Å²) in [6.45, 7) is 2.30. The maximum Gasteiger partial charge on any atom is 0.317 e. The fourth-order valence-corrected chi connectivity index (χ4v) is 4.26. The maximum atomic E-state index is 12.5. The van der Waals surface area contributed by atoms with Crippen LogP contribution in [0.1, 0.15) is 36.0 Å². The molecule has 3 aromatic carbocycles. The summed E-state index contributed by atoms with van der Waals surface area (Å²) in [5.41, 5.74) is 5.83. The number of rotatable bonds is 7. The number of hydrogen-bond donors (Lipinski definition) is 1. The lowest BCUT2D eigenvalue weighted by Gasteiger charge is -2.20. The fraction of sp³-hybridized carbons (Fsp3) is 0.250. The Morgan fingerprint density at radius 3 is 1.97 bits per heavy atom. The van der Waals surface area contributed by atoms with Crippen LogP contribution in [0.25, 0.3) is 11.1 Å². The molecular formula is C28H30N2O2. The highest BCUT2D eigenvalue weighted by molar-refractivity contribution is 5.98. The van der Waals surface area contributed by atoms with Gasteiger partial charge >= 0.3 is 6.03 Å². The van der Waals surface area contributed by atoms with Gasteiger partial charge in [-0.05, 0) is 59.2 Å². The molecule has 0 atom stereocenters. The molecule has 0 saturated carbocycles. The number of carbonyl (C=O) groups excluding carboxylic acids is 1. The average Bonchev–Trinajstić information content (AvgIpc) is 3.40. The molecule has 0 spiro atoms. The van der Waals surface area contributed by atoms with Crippen molar-refractivity contribution in [2.24, 2.45) is 0 Å². The second-order valence-corrected chi connectivity index (χ2v) is 7.99. The van der Waals surface area contributed by atoms with Crippen molar-refractivity contribution in [2.75, 3.05) is 26.7 Å². The van der Waals surface area contributed by atoms with E-state index < -0.39 is 0 Å². The number of amides is 2. The third-order valence-corrected chi connectivity index (χ3v) is 5.91. The molecule has 0 bridgehead atoms. The molecule has 1 heterocycles. The lowest BCUT2D eigenvalue weighted by Crippen LogP contribution is -2.38. The summed E-state index contributed by atoms with van der Waals surface area (Å²) in [6.07, 6.45) is 2.93. The molecule has 0 aliphatic carbocycles. The van der Waals surface area contributed by atoms with Crippen LogP contribution < -0.4 is 10.1 Å². The van der Waals surface area contributed by atoms with E-state index in [1.807, 2.05) is 29.2 Å². The molecular weight excluding hydrogens is 396 g/mol. The van der Waals surface area contributed by atoms with Gasteiger partial charge in [0.15, 0.2) is 0 Å². The van der Waals surface area contributed by atoms with E-state index in [2.05, 4.69) is 66.0 Å². The van der Waals surface area contributed by atoms with Crippen molar-refractivity contribution in [3.05, 3.63) is 102 Å². The monoisotopic (exact) mass is 426 g/mol. The molecule has 0 radical (unpaired) electrons. The largest absolute Gasteiger partial charge is 0.497 e. The number of hydrogen-bond acceptors (Lipinski definition) is 2. The van der Waals surface area contributed by atoms with Crippen molar-refractivity contribution < 1.29 is 9.53 Å². The van der Waals surface area contributed by atoms with Gasteiger partial charge in [-0.25, -0.2) is 4.79 Å². The van der Waals surface area contributed by atoms with Crippen molar-refractivity contribution in [3.63, 3.8) is 0 Å². The number of benzene rings is 3. The van der Waals surface area contributed by atoms with E-state index >= 15 is 0 Å². The van der Waals surface area contributed by atoms with E-state index in [-0.39, 0.29) is 6.03 Å². The van der Waals surface area contributed by atoms with Crippen molar-refractivity contribution in [2.45, 2.75) is 19.3 Å². The lowest BCUT2D eigenvalue weighted by atomic mass is 9.88. The van der Waals surface area contributed by atoms with Crippen molar-refractivity contribution >= 4 is 17.2 Å². The van der Waals surface area contributed by atoms with E-state index in [9.17, 15) is 4.79 Å². The Morgan fingerprint density at radius 1 is 0.812 bits per heavy atom. The minimum Gasteiger partial charge on any atom is -0.497 e. The van der Waals surface area contributed by atoms with Crippen LogP contribution in [0.3, 0.4) is 0 Å². The first kappa shape index (κ1) is 21.7. The van der Waals surface area contributed by atoms with Gasteiger partial charge in [-0.15, -0.1) is 0 Å². The summed E-state index contributed by atoms with van der Waals surface area (Å²) < 4.78 is 5.37. The predicted octanol–water partition coefficient (Wildman–Crippen LogP) is 5.85. The SMILES string of the molecule is COc1ccc(C(=C(CCNC(=O)N2CCCC2)c2ccccc2)c2ccccc2)cc1. The quantitative estimate of drug-likeness (QED) is 0.482. The van der Waals surface area contributed by atoms with Crippen LogP contribution in [-0.4, -0.2) is 37.7 Å². The van der Waals surface area contributed by atoms with Crippen LogP contribution in [0.5, 0.6) is 5.75 Å². The van der Waals surface area contributed by atoms with Crippen molar-refractivity contribution in [3.8, 4) is 5.75 Å². The van der Waals surface area contributed by atoms with Crippen LogP contribution >= 0.6 is 0 Å². The Morgan fingerprint density at radius 2 is 1.38 bits per heavy atom. The predicted molar refractivity (Wildman–Crippen MR) is 131 cm³/mol. The summed E-state index contributed by atoms with van der Waals surface area (Å²) in [7, 11) is 1.68. The Hall–Kier alpha value is -3.53. The smallest absolute Gasteiger partial charge is 0.317 e. The minimum absolute atomic E-state index is 0.0422. The number of methoxy groups -OCH3 is 1. The lowest BCUT2D eigenvalue weighted by molar-refractivity contribution is 0.209. The minimum atomic E-state index is 0.0422. The zero-order chi connectivity index (χ0) is 22.2. The highest BCUT2D eigenvalue weighted by Crippen LogP contribution is 2.35. The molecule has 4 rings (SSSR count). The first-order chi connectivity index (χ1) is 15.8. The molecule has 0 unspecified atom stereocenters. The Kier molecular flexibility index (Phi) is 7.23. The van der Waals surface area contributed by atoms with Gasteiger partial charge in [-0.2, -0.15) is 0 Å². The summed E-state index contributed by atoms with van der Waals surface area (Å²) in [4.78, 5) is 14.4. The fourth-order valence-electron chi connectivity index (χ4n) is 4.26. The molecule has 1 aliphatic rings. The number of nitrogens with one attached hydrogen (secondary N) is 1. The molecule has 0 aromatic heterocycles. The second kappa shape index (κ2) is 10.7. The average molecular weight is 427 g/mol. The van der Waals surface area contributed by atoms with E-state index in [1.165, 1.54) is 11.1 Å². The van der Waals surface area contributed by atoms with Gasteiger partial charge in [0.2, 0.25) is 0 Å². The van der Waals surface area contributed by atoms with Crippen molar-refractivity contribution in [1.82, 2.24) is 10.2 Å². The third-order valence-electron chi connectivity index (χ3n) is 5.91. The van der Waals surface area contributed by atoms with Crippen LogP contribution in [0.4, 0.5) is 4.79 Å². The maximum absolute atomic E-state index is 12.5. The van der Waals surface area contributed by atoms with Gasteiger partial charge < -0.3 is 15.0 Å². The van der Waals surface area contributed by atoms with Crippen molar-refractivity contribution in [1.29, 1.82) is 0 Å². The molecule has 1 saturated heterocycles. The number of ether oxygens (including phenoxy) is 1. The topological polar surface area (TPSA) is 41.6 Å². The van der Waals surface area contributed by atoms with Crippen LogP contribution in [0, 0.1) is 0 Å².